The summed E-state index contributed by atoms with van der Waals surface area (Å²) in [5.41, 5.74) is 5.45. The van der Waals surface area contributed by atoms with E-state index in [1.165, 1.54) is 18.4 Å². The number of hydrogen-bond donors (Lipinski definition) is 2. The van der Waals surface area contributed by atoms with Gasteiger partial charge in [0.15, 0.2) is 0 Å². The maximum absolute atomic E-state index is 11.0. The molecule has 0 radical (unpaired) electrons. The van der Waals surface area contributed by atoms with E-state index in [1.54, 1.807) is 6.20 Å². The van der Waals surface area contributed by atoms with Crippen LogP contribution in [0.2, 0.25) is 0 Å². The molecule has 0 bridgehead atoms. The van der Waals surface area contributed by atoms with Crippen LogP contribution in [0.1, 0.15) is 30.9 Å². The maximum atomic E-state index is 11.0. The van der Waals surface area contributed by atoms with Crippen LogP contribution in [-0.2, 0) is 17.6 Å². The smallest absolute Gasteiger partial charge is 0.307 e. The molecule has 1 heterocycles. The van der Waals surface area contributed by atoms with E-state index in [-0.39, 0.29) is 6.42 Å². The molecule has 118 valence electrons. The summed E-state index contributed by atoms with van der Waals surface area (Å²) in [6.07, 6.45) is 5.37. The number of aliphatic carboxylic acids is 1. The summed E-state index contributed by atoms with van der Waals surface area (Å²) in [5.74, 6) is -0.809. The number of hydrogen-bond acceptors (Lipinski definition) is 1. The summed E-state index contributed by atoms with van der Waals surface area (Å²) in [5, 5.41) is 10.0. The number of carboxylic acids is 1. The highest BCUT2D eigenvalue weighted by atomic mass is 16.4. The van der Waals surface area contributed by atoms with Gasteiger partial charge in [-0.1, -0.05) is 43.7 Å². The van der Waals surface area contributed by atoms with Crippen LogP contribution in [-0.4, -0.2) is 16.1 Å². The van der Waals surface area contributed by atoms with Crippen LogP contribution >= 0.6 is 0 Å². The van der Waals surface area contributed by atoms with Crippen molar-refractivity contribution in [2.45, 2.75) is 32.6 Å². The number of aromatic nitrogens is 1. The molecular weight excluding hydrogens is 286 g/mol. The summed E-state index contributed by atoms with van der Waals surface area (Å²) < 4.78 is 0. The number of aromatic amines is 1. The van der Waals surface area contributed by atoms with Gasteiger partial charge in [-0.25, -0.2) is 0 Å². The van der Waals surface area contributed by atoms with Gasteiger partial charge in [0.1, 0.15) is 0 Å². The van der Waals surface area contributed by atoms with E-state index in [2.05, 4.69) is 48.3 Å². The molecule has 1 aromatic heterocycles. The van der Waals surface area contributed by atoms with Gasteiger partial charge in [-0.2, -0.15) is 0 Å². The lowest BCUT2D eigenvalue weighted by Crippen LogP contribution is -1.98. The first kappa shape index (κ1) is 15.3. The molecule has 0 atom stereocenters. The summed E-state index contributed by atoms with van der Waals surface area (Å²) in [4.78, 5) is 14.1. The van der Waals surface area contributed by atoms with Crippen LogP contribution in [0.3, 0.4) is 0 Å². The average molecular weight is 307 g/mol. The van der Waals surface area contributed by atoms with Gasteiger partial charge in [-0.3, -0.25) is 4.79 Å². The Bertz CT molecular complexity index is 815. The molecule has 0 saturated heterocycles. The van der Waals surface area contributed by atoms with Crippen molar-refractivity contribution < 1.29 is 9.90 Å². The predicted molar refractivity (Wildman–Crippen MR) is 93.7 cm³/mol. The molecule has 3 rings (SSSR count). The molecule has 0 aliphatic carbocycles. The number of nitrogens with one attached hydrogen (secondary N) is 1. The minimum Gasteiger partial charge on any atom is -0.481 e. The SMILES string of the molecule is CCCCc1ccc(-c2ccc3[nH]cc(CC(=O)O)c3c2)cc1. The molecular formula is C20H21NO2. The number of fused-ring (bicyclic) bond motifs is 1. The highest BCUT2D eigenvalue weighted by Gasteiger charge is 2.09. The number of carbonyl (C=O) groups is 1. The number of unbranched alkanes of at least 4 members (excludes halogenated alkanes) is 1. The standard InChI is InChI=1S/C20H21NO2/c1-2-3-4-14-5-7-15(8-6-14)16-9-10-19-18(11-16)17(13-21-19)12-20(22)23/h5-11,13,21H,2-4,12H2,1H3,(H,22,23). The molecule has 2 N–H and O–H groups in total. The minimum atomic E-state index is -0.809. The van der Waals surface area contributed by atoms with E-state index in [1.807, 2.05) is 6.07 Å². The lowest BCUT2D eigenvalue weighted by Gasteiger charge is -2.05. The Morgan fingerprint density at radius 2 is 1.83 bits per heavy atom. The lowest BCUT2D eigenvalue weighted by molar-refractivity contribution is -0.136. The monoisotopic (exact) mass is 307 g/mol. The summed E-state index contributed by atoms with van der Waals surface area (Å²) in [6.45, 7) is 2.20. The fourth-order valence-corrected chi connectivity index (χ4v) is 2.91. The van der Waals surface area contributed by atoms with Crippen LogP contribution < -0.4 is 0 Å². The van der Waals surface area contributed by atoms with E-state index < -0.39 is 5.97 Å². The molecule has 0 fully saturated rings. The van der Waals surface area contributed by atoms with Crippen molar-refractivity contribution in [3.63, 3.8) is 0 Å². The zero-order valence-electron chi connectivity index (χ0n) is 13.3. The topological polar surface area (TPSA) is 53.1 Å². The van der Waals surface area contributed by atoms with E-state index in [0.717, 1.165) is 34.0 Å². The summed E-state index contributed by atoms with van der Waals surface area (Å²) in [6, 6.07) is 14.8. The molecule has 23 heavy (non-hydrogen) atoms. The number of rotatable bonds is 6. The van der Waals surface area contributed by atoms with E-state index in [0.29, 0.717) is 0 Å². The fourth-order valence-electron chi connectivity index (χ4n) is 2.91. The van der Waals surface area contributed by atoms with E-state index in [4.69, 9.17) is 5.11 Å². The lowest BCUT2D eigenvalue weighted by atomic mass is 9.99. The Labute approximate surface area is 136 Å². The van der Waals surface area contributed by atoms with Crippen molar-refractivity contribution in [2.24, 2.45) is 0 Å². The van der Waals surface area contributed by atoms with E-state index >= 15 is 0 Å². The second kappa shape index (κ2) is 6.69. The zero-order chi connectivity index (χ0) is 16.2. The average Bonchev–Trinajstić information content (AvgIpc) is 2.95. The van der Waals surface area contributed by atoms with Crippen molar-refractivity contribution >= 4 is 16.9 Å². The fraction of sp³-hybridized carbons (Fsp3) is 0.250. The number of H-pyrrole nitrogens is 1. The maximum Gasteiger partial charge on any atom is 0.307 e. The van der Waals surface area contributed by atoms with Crippen LogP contribution in [0.25, 0.3) is 22.0 Å². The normalized spacial score (nSPS) is 11.0. The Morgan fingerprint density at radius 1 is 1.09 bits per heavy atom. The molecule has 0 spiro atoms. The molecule has 0 amide bonds. The van der Waals surface area contributed by atoms with Gasteiger partial charge in [0, 0.05) is 17.1 Å². The van der Waals surface area contributed by atoms with E-state index in [9.17, 15) is 4.79 Å². The quantitative estimate of drug-likeness (QED) is 0.687. The highest BCUT2D eigenvalue weighted by molar-refractivity contribution is 5.90. The predicted octanol–water partition coefficient (Wildman–Crippen LogP) is 4.80. The number of aryl methyl sites for hydroxylation is 1. The van der Waals surface area contributed by atoms with Gasteiger partial charge in [-0.05, 0) is 47.2 Å². The molecule has 3 heteroatoms. The van der Waals surface area contributed by atoms with Gasteiger partial charge in [0.2, 0.25) is 0 Å². The van der Waals surface area contributed by atoms with Crippen molar-refractivity contribution in [1.82, 2.24) is 4.98 Å². The number of carboxylic acid groups (broad SMARTS) is 1. The second-order valence-corrected chi connectivity index (χ2v) is 5.95. The molecule has 2 aromatic carbocycles. The third kappa shape index (κ3) is 3.45. The minimum absolute atomic E-state index is 0.0411. The van der Waals surface area contributed by atoms with Gasteiger partial charge >= 0.3 is 5.97 Å². The van der Waals surface area contributed by atoms with Gasteiger partial charge in [0.25, 0.3) is 0 Å². The second-order valence-electron chi connectivity index (χ2n) is 5.95. The molecule has 0 saturated carbocycles. The number of benzene rings is 2. The van der Waals surface area contributed by atoms with Crippen molar-refractivity contribution in [3.8, 4) is 11.1 Å². The van der Waals surface area contributed by atoms with Crippen LogP contribution in [0.15, 0.2) is 48.7 Å². The first-order valence-electron chi connectivity index (χ1n) is 8.08. The third-order valence-corrected chi connectivity index (χ3v) is 4.22. The highest BCUT2D eigenvalue weighted by Crippen LogP contribution is 2.27. The van der Waals surface area contributed by atoms with Crippen molar-refractivity contribution in [3.05, 3.63) is 59.8 Å². The Balaban J connectivity index is 1.91. The Kier molecular flexibility index (Phi) is 4.47. The van der Waals surface area contributed by atoms with Crippen LogP contribution in [0, 0.1) is 0 Å². The van der Waals surface area contributed by atoms with Gasteiger partial charge in [-0.15, -0.1) is 0 Å². The summed E-state index contributed by atoms with van der Waals surface area (Å²) >= 11 is 0. The molecule has 0 unspecified atom stereocenters. The van der Waals surface area contributed by atoms with Crippen molar-refractivity contribution in [1.29, 1.82) is 0 Å². The largest absolute Gasteiger partial charge is 0.481 e. The zero-order valence-corrected chi connectivity index (χ0v) is 13.3. The molecule has 3 aromatic rings. The van der Waals surface area contributed by atoms with Gasteiger partial charge < -0.3 is 10.1 Å². The first-order chi connectivity index (χ1) is 11.2. The van der Waals surface area contributed by atoms with Crippen LogP contribution in [0.4, 0.5) is 0 Å². The third-order valence-electron chi connectivity index (χ3n) is 4.22. The summed E-state index contributed by atoms with van der Waals surface area (Å²) in [7, 11) is 0. The first-order valence-corrected chi connectivity index (χ1v) is 8.08. The molecule has 0 aliphatic rings. The van der Waals surface area contributed by atoms with Crippen LogP contribution in [0.5, 0.6) is 0 Å². The Hall–Kier alpha value is -2.55. The van der Waals surface area contributed by atoms with Crippen molar-refractivity contribution in [2.75, 3.05) is 0 Å². The Morgan fingerprint density at radius 3 is 2.52 bits per heavy atom. The molecule has 0 aliphatic heterocycles. The van der Waals surface area contributed by atoms with Gasteiger partial charge in [0.05, 0.1) is 6.42 Å². The molecule has 3 nitrogen and oxygen atoms in total.